The molecule has 34 heavy (non-hydrogen) atoms. The predicted octanol–water partition coefficient (Wildman–Crippen LogP) is 8.18. The summed E-state index contributed by atoms with van der Waals surface area (Å²) in [6.07, 6.45) is 0. The zero-order valence-corrected chi connectivity index (χ0v) is 19.4. The quantitative estimate of drug-likeness (QED) is 0.273. The summed E-state index contributed by atoms with van der Waals surface area (Å²) < 4.78 is 34.4. The van der Waals surface area contributed by atoms with Crippen molar-refractivity contribution >= 4 is 17.1 Å². The van der Waals surface area contributed by atoms with Crippen molar-refractivity contribution in [1.82, 2.24) is 0 Å². The van der Waals surface area contributed by atoms with Gasteiger partial charge in [0, 0.05) is 17.1 Å². The van der Waals surface area contributed by atoms with E-state index in [1.807, 2.05) is 55.5 Å². The fraction of sp³-hybridized carbons (Fsp3) is 0.133. The highest BCUT2D eigenvalue weighted by atomic mass is 19.1. The van der Waals surface area contributed by atoms with E-state index in [-0.39, 0.29) is 5.56 Å². The van der Waals surface area contributed by atoms with Gasteiger partial charge < -0.3 is 9.64 Å². The molecule has 0 heterocycles. The van der Waals surface area contributed by atoms with Gasteiger partial charge in [-0.2, -0.15) is 0 Å². The van der Waals surface area contributed by atoms with Crippen LogP contribution in [0, 0.1) is 30.4 Å². The van der Waals surface area contributed by atoms with Crippen LogP contribution in [0.2, 0.25) is 0 Å². The Balaban J connectivity index is 1.73. The van der Waals surface area contributed by atoms with Crippen LogP contribution in [0.4, 0.5) is 25.8 Å². The topological polar surface area (TPSA) is 12.5 Å². The first kappa shape index (κ1) is 23.1. The highest BCUT2D eigenvalue weighted by Gasteiger charge is 2.14. The number of hydrogen-bond donors (Lipinski definition) is 0. The normalized spacial score (nSPS) is 10.4. The van der Waals surface area contributed by atoms with E-state index in [9.17, 15) is 8.78 Å². The summed E-state index contributed by atoms with van der Waals surface area (Å²) in [7, 11) is 0. The van der Waals surface area contributed by atoms with Gasteiger partial charge in [0.1, 0.15) is 17.4 Å². The zero-order chi connectivity index (χ0) is 24.1. The average Bonchev–Trinajstić information content (AvgIpc) is 2.84. The Hall–Kier alpha value is -4.10. The summed E-state index contributed by atoms with van der Waals surface area (Å²) in [4.78, 5) is 2.13. The highest BCUT2D eigenvalue weighted by molar-refractivity contribution is 5.78. The first-order valence-electron chi connectivity index (χ1n) is 11.1. The van der Waals surface area contributed by atoms with Crippen LogP contribution in [0.3, 0.4) is 0 Å². The second-order valence-electron chi connectivity index (χ2n) is 7.83. The monoisotopic (exact) mass is 453 g/mol. The van der Waals surface area contributed by atoms with Gasteiger partial charge in [0.25, 0.3) is 0 Å². The van der Waals surface area contributed by atoms with Crippen molar-refractivity contribution in [1.29, 1.82) is 0 Å². The first-order valence-corrected chi connectivity index (χ1v) is 11.1. The molecule has 0 amide bonds. The van der Waals surface area contributed by atoms with Crippen LogP contribution in [0.25, 0.3) is 11.1 Å². The fourth-order valence-corrected chi connectivity index (χ4v) is 3.79. The van der Waals surface area contributed by atoms with Crippen LogP contribution in [-0.4, -0.2) is 6.61 Å². The van der Waals surface area contributed by atoms with E-state index in [4.69, 9.17) is 4.74 Å². The summed E-state index contributed by atoms with van der Waals surface area (Å²) >= 11 is 0. The smallest absolute Gasteiger partial charge is 0.142 e. The Labute approximate surface area is 199 Å². The number of halogens is 2. The van der Waals surface area contributed by atoms with Gasteiger partial charge in [0.2, 0.25) is 0 Å². The third-order valence-electron chi connectivity index (χ3n) is 5.45. The van der Waals surface area contributed by atoms with Gasteiger partial charge in [-0.05, 0) is 92.6 Å². The van der Waals surface area contributed by atoms with Gasteiger partial charge in [0.15, 0.2) is 0 Å². The molecule has 0 aliphatic carbocycles. The average molecular weight is 454 g/mol. The van der Waals surface area contributed by atoms with Gasteiger partial charge in [0.05, 0.1) is 12.2 Å². The second-order valence-corrected chi connectivity index (χ2v) is 7.83. The lowest BCUT2D eigenvalue weighted by Crippen LogP contribution is -2.10. The Kier molecular flexibility index (Phi) is 6.94. The largest absolute Gasteiger partial charge is 0.494 e. The lowest BCUT2D eigenvalue weighted by Gasteiger charge is -2.26. The van der Waals surface area contributed by atoms with Crippen molar-refractivity contribution < 1.29 is 13.5 Å². The molecule has 2 nitrogen and oxygen atoms in total. The Morgan fingerprint density at radius 2 is 1.24 bits per heavy atom. The van der Waals surface area contributed by atoms with E-state index in [1.165, 1.54) is 17.7 Å². The van der Waals surface area contributed by atoms with E-state index in [1.54, 1.807) is 6.92 Å². The van der Waals surface area contributed by atoms with E-state index in [0.29, 0.717) is 17.7 Å². The third-order valence-corrected chi connectivity index (χ3v) is 5.45. The predicted molar refractivity (Wildman–Crippen MR) is 135 cm³/mol. The van der Waals surface area contributed by atoms with Crippen molar-refractivity contribution in [2.24, 2.45) is 0 Å². The summed E-state index contributed by atoms with van der Waals surface area (Å²) in [5.74, 6) is 4.51. The molecule has 0 aliphatic rings. The molecule has 0 N–H and O–H groups in total. The lowest BCUT2D eigenvalue weighted by molar-refractivity contribution is 0.340. The molecule has 4 aromatic carbocycles. The molecule has 4 rings (SSSR count). The van der Waals surface area contributed by atoms with Crippen molar-refractivity contribution in [3.8, 4) is 28.7 Å². The third kappa shape index (κ3) is 4.94. The minimum atomic E-state index is -0.663. The number of anilines is 3. The molecule has 0 fully saturated rings. The molecular formula is C30H25F2NO. The molecule has 0 saturated carbocycles. The van der Waals surface area contributed by atoms with Gasteiger partial charge in [-0.3, -0.25) is 0 Å². The van der Waals surface area contributed by atoms with Crippen LogP contribution in [0.15, 0.2) is 84.9 Å². The number of ether oxygens (including phenoxy) is 1. The molecule has 0 unspecified atom stereocenters. The van der Waals surface area contributed by atoms with E-state index < -0.39 is 11.6 Å². The van der Waals surface area contributed by atoms with Crippen LogP contribution in [0.5, 0.6) is 5.75 Å². The molecule has 4 heteroatoms. The van der Waals surface area contributed by atoms with Gasteiger partial charge >= 0.3 is 0 Å². The fourth-order valence-electron chi connectivity index (χ4n) is 3.79. The summed E-state index contributed by atoms with van der Waals surface area (Å²) in [6, 6.07) is 26.4. The summed E-state index contributed by atoms with van der Waals surface area (Å²) in [6.45, 7) is 6.16. The van der Waals surface area contributed by atoms with Crippen LogP contribution < -0.4 is 9.64 Å². The molecular weight excluding hydrogens is 428 g/mol. The number of hydrogen-bond acceptors (Lipinski definition) is 2. The van der Waals surface area contributed by atoms with Crippen molar-refractivity contribution in [2.75, 3.05) is 11.5 Å². The number of rotatable bonds is 6. The van der Waals surface area contributed by atoms with E-state index >= 15 is 0 Å². The summed E-state index contributed by atoms with van der Waals surface area (Å²) in [5.41, 5.74) is 5.04. The van der Waals surface area contributed by atoms with Crippen LogP contribution in [-0.2, 0) is 0 Å². The molecule has 0 spiro atoms. The highest BCUT2D eigenvalue weighted by Crippen LogP contribution is 2.36. The van der Waals surface area contributed by atoms with Crippen molar-refractivity contribution in [2.45, 2.75) is 20.8 Å². The number of aryl methyl sites for hydroxylation is 1. The molecule has 170 valence electrons. The second kappa shape index (κ2) is 10.2. The molecule has 4 aromatic rings. The van der Waals surface area contributed by atoms with Gasteiger partial charge in [-0.1, -0.05) is 35.7 Å². The zero-order valence-electron chi connectivity index (χ0n) is 19.4. The van der Waals surface area contributed by atoms with E-state index in [2.05, 4.69) is 47.9 Å². The maximum Gasteiger partial charge on any atom is 0.142 e. The summed E-state index contributed by atoms with van der Waals surface area (Å²) in [5, 5.41) is 0. The van der Waals surface area contributed by atoms with Gasteiger partial charge in [-0.25, -0.2) is 8.78 Å². The minimum Gasteiger partial charge on any atom is -0.494 e. The molecule has 0 radical (unpaired) electrons. The number of benzene rings is 4. The van der Waals surface area contributed by atoms with Crippen molar-refractivity contribution in [3.05, 3.63) is 108 Å². The molecule has 0 saturated heterocycles. The maximum absolute atomic E-state index is 14.4. The van der Waals surface area contributed by atoms with Crippen LogP contribution >= 0.6 is 0 Å². The van der Waals surface area contributed by atoms with Crippen LogP contribution in [0.1, 0.15) is 25.0 Å². The first-order chi connectivity index (χ1) is 16.5. The Morgan fingerprint density at radius 1 is 0.735 bits per heavy atom. The molecule has 0 aliphatic heterocycles. The maximum atomic E-state index is 14.4. The minimum absolute atomic E-state index is 0.205. The SMILES string of the molecule is CC#Cc1c(F)cc(-c2ccc(N(c3ccc(C)cc3)c3ccc(OCC)cc3)cc2)cc1F. The number of nitrogens with zero attached hydrogens (tertiary/aromatic N) is 1. The standard InChI is InChI=1S/C30H25F2NO/c1-4-6-28-29(31)19-23(20-30(28)32)22-9-13-25(14-10-22)33(24-11-7-21(3)8-12-24)26-15-17-27(18-16-26)34-5-2/h7-20H,5H2,1-3H3. The van der Waals surface area contributed by atoms with Gasteiger partial charge in [-0.15, -0.1) is 5.92 Å². The van der Waals surface area contributed by atoms with Crippen molar-refractivity contribution in [3.63, 3.8) is 0 Å². The van der Waals surface area contributed by atoms with E-state index in [0.717, 1.165) is 22.8 Å². The lowest BCUT2D eigenvalue weighted by atomic mass is 10.0. The Morgan fingerprint density at radius 3 is 1.74 bits per heavy atom. The Bertz CT molecular complexity index is 1310. The molecule has 0 aromatic heterocycles. The molecule has 0 atom stereocenters. The molecule has 0 bridgehead atoms.